The number of carbonyl (C=O) groups excluding carboxylic acids is 1. The summed E-state index contributed by atoms with van der Waals surface area (Å²) >= 11 is 5.56. The van der Waals surface area contributed by atoms with Gasteiger partial charge in [-0.25, -0.2) is 13.6 Å². The van der Waals surface area contributed by atoms with Gasteiger partial charge in [0.2, 0.25) is 0 Å². The van der Waals surface area contributed by atoms with Crippen LogP contribution in [-0.4, -0.2) is 52.8 Å². The Balaban J connectivity index is 1.31. The monoisotopic (exact) mass is 461 g/mol. The Kier molecular flexibility index (Phi) is 6.45. The number of rotatable bonds is 5. The molecule has 1 amide bonds. The zero-order chi connectivity index (χ0) is 22.7. The highest BCUT2D eigenvalue weighted by Crippen LogP contribution is 2.34. The van der Waals surface area contributed by atoms with Crippen LogP contribution >= 0.6 is 12.2 Å². The van der Waals surface area contributed by atoms with Crippen LogP contribution in [0.15, 0.2) is 42.5 Å². The lowest BCUT2D eigenvalue weighted by Crippen LogP contribution is -2.49. The normalized spacial score (nSPS) is 17.4. The average molecular weight is 462 g/mol. The zero-order valence-electron chi connectivity index (χ0n) is 17.8. The Hall–Kier alpha value is -2.94. The first kappa shape index (κ1) is 22.3. The fourth-order valence-electron chi connectivity index (χ4n) is 4.05. The van der Waals surface area contributed by atoms with Crippen LogP contribution in [0.25, 0.3) is 0 Å². The number of nitrogens with zero attached hydrogens (tertiary/aromatic N) is 2. The van der Waals surface area contributed by atoms with E-state index in [4.69, 9.17) is 21.7 Å². The lowest BCUT2D eigenvalue weighted by atomic mass is 9.91. The molecule has 4 rings (SSSR count). The molecular formula is C23H25F2N3O3S. The fourth-order valence-corrected chi connectivity index (χ4v) is 4.35. The highest BCUT2D eigenvalue weighted by molar-refractivity contribution is 7.80. The second-order valence-electron chi connectivity index (χ2n) is 8.03. The van der Waals surface area contributed by atoms with Crippen molar-refractivity contribution in [1.29, 1.82) is 0 Å². The predicted molar refractivity (Wildman–Crippen MR) is 121 cm³/mol. The molecule has 2 aliphatic heterocycles. The van der Waals surface area contributed by atoms with E-state index in [1.807, 2.05) is 31.2 Å². The number of thiocarbonyl (C=S) groups is 1. The molecule has 2 fully saturated rings. The van der Waals surface area contributed by atoms with Crippen LogP contribution in [0.4, 0.5) is 19.3 Å². The van der Waals surface area contributed by atoms with Gasteiger partial charge in [0.25, 0.3) is 0 Å². The van der Waals surface area contributed by atoms with Crippen molar-refractivity contribution in [3.63, 3.8) is 0 Å². The number of piperidine rings is 1. The minimum absolute atomic E-state index is 0.180. The molecule has 0 bridgehead atoms. The van der Waals surface area contributed by atoms with Gasteiger partial charge in [0, 0.05) is 38.2 Å². The zero-order valence-corrected chi connectivity index (χ0v) is 18.6. The molecule has 0 saturated carbocycles. The number of ether oxygens (including phenoxy) is 2. The van der Waals surface area contributed by atoms with E-state index in [-0.39, 0.29) is 6.54 Å². The van der Waals surface area contributed by atoms with Crippen molar-refractivity contribution in [1.82, 2.24) is 9.80 Å². The van der Waals surface area contributed by atoms with Crippen molar-refractivity contribution >= 4 is 29.1 Å². The maximum Gasteiger partial charge on any atom is 0.410 e. The van der Waals surface area contributed by atoms with Gasteiger partial charge in [-0.15, -0.1) is 0 Å². The summed E-state index contributed by atoms with van der Waals surface area (Å²) in [6, 6.07) is 11.3. The molecule has 0 aliphatic carbocycles. The summed E-state index contributed by atoms with van der Waals surface area (Å²) in [6.07, 6.45) is 0.842. The van der Waals surface area contributed by atoms with Gasteiger partial charge in [-0.05, 0) is 61.1 Å². The third-order valence-electron chi connectivity index (χ3n) is 5.78. The number of benzene rings is 2. The van der Waals surface area contributed by atoms with Crippen molar-refractivity contribution in [2.24, 2.45) is 0 Å². The number of halogens is 2. The first-order valence-electron chi connectivity index (χ1n) is 10.6. The van der Waals surface area contributed by atoms with Crippen LogP contribution in [0.5, 0.6) is 5.75 Å². The van der Waals surface area contributed by atoms with E-state index in [1.165, 1.54) is 6.07 Å². The van der Waals surface area contributed by atoms with Gasteiger partial charge in [-0.2, -0.15) is 0 Å². The predicted octanol–water partition coefficient (Wildman–Crippen LogP) is 4.55. The van der Waals surface area contributed by atoms with E-state index < -0.39 is 23.3 Å². The largest absolute Gasteiger partial charge is 0.494 e. The molecule has 0 aromatic heterocycles. The lowest BCUT2D eigenvalue weighted by molar-refractivity contribution is 0.0152. The molecule has 2 aliphatic rings. The number of amides is 1. The van der Waals surface area contributed by atoms with Gasteiger partial charge in [-0.3, -0.25) is 4.90 Å². The molecule has 170 valence electrons. The van der Waals surface area contributed by atoms with E-state index in [1.54, 1.807) is 4.90 Å². The van der Waals surface area contributed by atoms with E-state index in [9.17, 15) is 13.6 Å². The number of hydrogen-bond donors (Lipinski definition) is 1. The molecular weight excluding hydrogens is 436 g/mol. The van der Waals surface area contributed by atoms with Crippen LogP contribution in [0.2, 0.25) is 0 Å². The second-order valence-corrected chi connectivity index (χ2v) is 8.42. The van der Waals surface area contributed by atoms with Crippen molar-refractivity contribution in [2.75, 3.05) is 31.6 Å². The number of nitrogens with one attached hydrogen (secondary N) is 1. The Morgan fingerprint density at radius 2 is 1.88 bits per heavy atom. The van der Waals surface area contributed by atoms with Crippen molar-refractivity contribution in [3.05, 3.63) is 59.7 Å². The summed E-state index contributed by atoms with van der Waals surface area (Å²) < 4.78 is 37.8. The van der Waals surface area contributed by atoms with Crippen LogP contribution < -0.4 is 10.1 Å². The molecule has 0 radical (unpaired) electrons. The Labute approximate surface area is 191 Å². The Morgan fingerprint density at radius 1 is 1.16 bits per heavy atom. The van der Waals surface area contributed by atoms with Gasteiger partial charge in [-0.1, -0.05) is 6.07 Å². The molecule has 32 heavy (non-hydrogen) atoms. The molecule has 6 nitrogen and oxygen atoms in total. The van der Waals surface area contributed by atoms with Gasteiger partial charge >= 0.3 is 6.09 Å². The quantitative estimate of drug-likeness (QED) is 0.660. The molecule has 0 atom stereocenters. The van der Waals surface area contributed by atoms with Crippen molar-refractivity contribution in [2.45, 2.75) is 31.9 Å². The maximum atomic E-state index is 13.5. The summed E-state index contributed by atoms with van der Waals surface area (Å²) in [7, 11) is 0. The third-order valence-corrected chi connectivity index (χ3v) is 6.14. The molecule has 1 N–H and O–H groups in total. The topological polar surface area (TPSA) is 54.0 Å². The molecule has 0 unspecified atom stereocenters. The molecule has 9 heteroatoms. The summed E-state index contributed by atoms with van der Waals surface area (Å²) in [5.74, 6) is -1.03. The summed E-state index contributed by atoms with van der Waals surface area (Å²) in [4.78, 5) is 16.0. The average Bonchev–Trinajstić information content (AvgIpc) is 3.07. The van der Waals surface area contributed by atoms with Gasteiger partial charge in [0.05, 0.1) is 13.2 Å². The van der Waals surface area contributed by atoms with Gasteiger partial charge < -0.3 is 19.7 Å². The van der Waals surface area contributed by atoms with Gasteiger partial charge in [0.1, 0.15) is 11.4 Å². The van der Waals surface area contributed by atoms with Crippen molar-refractivity contribution < 1.29 is 23.0 Å². The van der Waals surface area contributed by atoms with E-state index in [0.29, 0.717) is 49.8 Å². The summed E-state index contributed by atoms with van der Waals surface area (Å²) in [5, 5.41) is 3.86. The minimum atomic E-state index is -0.924. The van der Waals surface area contributed by atoms with Crippen molar-refractivity contribution in [3.8, 4) is 5.75 Å². The Bertz CT molecular complexity index is 994. The maximum absolute atomic E-state index is 13.5. The molecule has 2 saturated heterocycles. The molecule has 1 spiro atoms. The number of carbonyl (C=O) groups is 1. The minimum Gasteiger partial charge on any atom is -0.494 e. The highest BCUT2D eigenvalue weighted by Gasteiger charge is 2.47. The molecule has 2 aromatic carbocycles. The summed E-state index contributed by atoms with van der Waals surface area (Å²) in [5.41, 5.74) is 0.820. The van der Waals surface area contributed by atoms with E-state index >= 15 is 0 Å². The van der Waals surface area contributed by atoms with E-state index in [2.05, 4.69) is 10.2 Å². The smallest absolute Gasteiger partial charge is 0.410 e. The highest BCUT2D eigenvalue weighted by atomic mass is 32.1. The van der Waals surface area contributed by atoms with Crippen LogP contribution in [0, 0.1) is 11.6 Å². The lowest BCUT2D eigenvalue weighted by Gasteiger charge is -2.38. The molecule has 2 heterocycles. The van der Waals surface area contributed by atoms with Crippen LogP contribution in [-0.2, 0) is 11.3 Å². The van der Waals surface area contributed by atoms with Crippen LogP contribution in [0.3, 0.4) is 0 Å². The number of anilines is 1. The second kappa shape index (κ2) is 9.28. The molecule has 2 aromatic rings. The van der Waals surface area contributed by atoms with Gasteiger partial charge in [0.15, 0.2) is 16.7 Å². The first-order chi connectivity index (χ1) is 15.4. The first-order valence-corrected chi connectivity index (χ1v) is 11.0. The number of hydrogen-bond acceptors (Lipinski definition) is 4. The fraction of sp³-hybridized carbons (Fsp3) is 0.391. The SMILES string of the molecule is CCOc1ccc(NC(=S)N2CCC3(CC2)CN(Cc2ccc(F)c(F)c2)C(=O)O3)cc1. The summed E-state index contributed by atoms with van der Waals surface area (Å²) in [6.45, 7) is 4.44. The standard InChI is InChI=1S/C23H25F2N3O3S/c1-2-30-18-6-4-17(5-7-18)26-21(32)27-11-9-23(10-12-27)15-28(22(29)31-23)14-16-3-8-19(24)20(25)13-16/h3-8,13H,2,9-12,14-15H2,1H3,(H,26,32). The third kappa shape index (κ3) is 4.93. The Morgan fingerprint density at radius 3 is 2.53 bits per heavy atom. The number of likely N-dealkylation sites (tertiary alicyclic amines) is 1. The van der Waals surface area contributed by atoms with E-state index in [0.717, 1.165) is 23.6 Å². The van der Waals surface area contributed by atoms with Crippen LogP contribution in [0.1, 0.15) is 25.3 Å².